The van der Waals surface area contributed by atoms with Crippen LogP contribution in [-0.2, 0) is 63.6 Å². The Bertz CT molecular complexity index is 1380. The zero-order valence-corrected chi connectivity index (χ0v) is 35.1. The van der Waals surface area contributed by atoms with Gasteiger partial charge in [0.15, 0.2) is 5.75 Å². The van der Waals surface area contributed by atoms with Crippen LogP contribution in [0.1, 0.15) is 86.1 Å². The lowest BCUT2D eigenvalue weighted by Crippen LogP contribution is -2.26. The highest BCUT2D eigenvalue weighted by Gasteiger charge is 2.22. The van der Waals surface area contributed by atoms with Gasteiger partial charge in [0.25, 0.3) is 5.91 Å². The Morgan fingerprint density at radius 3 is 1.84 bits per heavy atom. The molecule has 15 heteroatoms. The van der Waals surface area contributed by atoms with E-state index in [1.54, 1.807) is 6.07 Å². The summed E-state index contributed by atoms with van der Waals surface area (Å²) in [4.78, 5) is 64.3. The molecule has 57 heavy (non-hydrogen) atoms. The fourth-order valence-electron chi connectivity index (χ4n) is 4.90. The van der Waals surface area contributed by atoms with Crippen molar-refractivity contribution < 1.29 is 61.9 Å². The maximum atomic E-state index is 12.7. The zero-order chi connectivity index (χ0) is 42.7. The van der Waals surface area contributed by atoms with Gasteiger partial charge in [-0.15, -0.1) is 0 Å². The molecule has 0 aliphatic heterocycles. The average molecular weight is 807 g/mol. The van der Waals surface area contributed by atoms with Gasteiger partial charge in [-0.2, -0.15) is 9.59 Å². The number of benzene rings is 1. The Kier molecular flexibility index (Phi) is 31.7. The van der Waals surface area contributed by atoms with Crippen molar-refractivity contribution in [1.82, 2.24) is 5.32 Å². The van der Waals surface area contributed by atoms with Crippen molar-refractivity contribution in [3.05, 3.63) is 23.8 Å². The van der Waals surface area contributed by atoms with Crippen LogP contribution in [0, 0.1) is 29.1 Å². The molecule has 1 aromatic carbocycles. The normalized spacial score (nSPS) is 11.8. The van der Waals surface area contributed by atoms with Crippen molar-refractivity contribution in [3.63, 3.8) is 0 Å². The highest BCUT2D eigenvalue weighted by Crippen LogP contribution is 2.33. The monoisotopic (exact) mass is 806 g/mol. The van der Waals surface area contributed by atoms with E-state index in [2.05, 4.69) is 57.1 Å². The molecule has 2 atom stereocenters. The second-order valence-electron chi connectivity index (χ2n) is 14.3. The molecule has 0 aromatic heterocycles. The number of amides is 2. The molecule has 1 unspecified atom stereocenters. The van der Waals surface area contributed by atoms with Gasteiger partial charge in [0.2, 0.25) is 11.7 Å². The van der Waals surface area contributed by atoms with E-state index >= 15 is 0 Å². The van der Waals surface area contributed by atoms with Crippen molar-refractivity contribution >= 4 is 35.4 Å². The van der Waals surface area contributed by atoms with E-state index in [1.807, 2.05) is 19.1 Å². The first-order chi connectivity index (χ1) is 27.2. The molecule has 0 aliphatic rings. The number of rotatable bonds is 30. The van der Waals surface area contributed by atoms with Crippen LogP contribution in [0.5, 0.6) is 5.75 Å². The number of hydrogen-bond acceptors (Lipinski definition) is 13. The summed E-state index contributed by atoms with van der Waals surface area (Å²) in [6.07, 6.45) is 3.94. The van der Waals surface area contributed by atoms with Crippen LogP contribution in [0.4, 0.5) is 5.69 Å². The molecule has 322 valence electrons. The molecule has 0 aliphatic carbocycles. The molecule has 1 rings (SSSR count). The quantitative estimate of drug-likeness (QED) is 0.0361. The minimum Gasteiger partial charge on any atom is -0.424 e. The third-order valence-electron chi connectivity index (χ3n) is 8.24. The van der Waals surface area contributed by atoms with Crippen molar-refractivity contribution in [2.45, 2.75) is 87.0 Å². The molecule has 0 heterocycles. The standard InChI is InChI=1S/C41H66N2O11.CO2/c1-8-17-48-21-25-52-28-24-51-20-16-42-39(46)14-12-36(45)10-9-18-49-22-26-53-27-23-50-19-15-40(47)43-37-31-35(11-13-38(37)54-34(4)44)30-32(2)29-33(3)41(5,6)7;2-1-3/h11,13,31-33H,8-10,15-30H2,1-7H3,(H,42,46)(H,43,47);/t32-,33?;/m1./s1. The number of carbonyl (C=O) groups excluding carboxylic acids is 6. The second-order valence-corrected chi connectivity index (χ2v) is 14.3. The first-order valence-electron chi connectivity index (χ1n) is 19.6. The van der Waals surface area contributed by atoms with Gasteiger partial charge in [-0.05, 0) is 66.6 Å². The van der Waals surface area contributed by atoms with Gasteiger partial charge in [-0.25, -0.2) is 0 Å². The van der Waals surface area contributed by atoms with Gasteiger partial charge in [0, 0.05) is 39.0 Å². The van der Waals surface area contributed by atoms with Gasteiger partial charge < -0.3 is 43.8 Å². The summed E-state index contributed by atoms with van der Waals surface area (Å²) in [5.41, 5.74) is 1.76. The van der Waals surface area contributed by atoms with E-state index in [1.165, 1.54) is 6.92 Å². The van der Waals surface area contributed by atoms with E-state index < -0.39 is 11.9 Å². The number of nitrogens with one attached hydrogen (secondary N) is 2. The minimum absolute atomic E-state index is 0.127. The SMILES string of the molecule is CCCOCCOCCOCCNC(=O)C#CC(=O)CCCOCCOCCOCCC(=O)Nc1cc(C[C@H](C)CC(C)C(C)(C)C)ccc1OC(C)=O.O=C=O. The number of carbonyl (C=O) groups is 4. The largest absolute Gasteiger partial charge is 0.424 e. The third-order valence-corrected chi connectivity index (χ3v) is 8.24. The fourth-order valence-corrected chi connectivity index (χ4v) is 4.90. The number of Topliss-reactive ketones (excluding diaryl/α,β-unsaturated/α-hetero) is 1. The number of anilines is 1. The predicted octanol–water partition coefficient (Wildman–Crippen LogP) is 4.59. The number of ether oxygens (including phenoxy) is 7. The van der Waals surface area contributed by atoms with Gasteiger partial charge in [0.1, 0.15) is 0 Å². The van der Waals surface area contributed by atoms with E-state index in [9.17, 15) is 19.2 Å². The van der Waals surface area contributed by atoms with E-state index in [0.29, 0.717) is 95.8 Å². The molecule has 0 bridgehead atoms. The summed E-state index contributed by atoms with van der Waals surface area (Å²) in [5.74, 6) is 4.38. The van der Waals surface area contributed by atoms with Gasteiger partial charge in [0.05, 0.1) is 78.2 Å². The number of hydrogen-bond donors (Lipinski definition) is 2. The molecular weight excluding hydrogens is 740 g/mol. The fraction of sp³-hybridized carbons (Fsp3) is 0.690. The maximum Gasteiger partial charge on any atom is 0.373 e. The van der Waals surface area contributed by atoms with E-state index in [0.717, 1.165) is 31.4 Å². The van der Waals surface area contributed by atoms with E-state index in [4.69, 9.17) is 42.7 Å². The molecule has 2 amide bonds. The maximum absolute atomic E-state index is 12.7. The molecule has 0 spiro atoms. The van der Waals surface area contributed by atoms with Crippen LogP contribution >= 0.6 is 0 Å². The second kappa shape index (κ2) is 34.1. The lowest BCUT2D eigenvalue weighted by atomic mass is 9.76. The summed E-state index contributed by atoms with van der Waals surface area (Å²) < 4.78 is 37.9. The molecule has 0 fully saturated rings. The van der Waals surface area contributed by atoms with Crippen LogP contribution < -0.4 is 15.4 Å². The topological polar surface area (TPSA) is 191 Å². The lowest BCUT2D eigenvalue weighted by molar-refractivity contribution is -0.191. The molecule has 15 nitrogen and oxygen atoms in total. The average Bonchev–Trinajstić information content (AvgIpc) is 3.14. The molecule has 0 saturated heterocycles. The van der Waals surface area contributed by atoms with Crippen molar-refractivity contribution in [2.75, 3.05) is 91.1 Å². The van der Waals surface area contributed by atoms with Crippen LogP contribution in [0.2, 0.25) is 0 Å². The van der Waals surface area contributed by atoms with Crippen LogP contribution in [-0.4, -0.2) is 116 Å². The summed E-state index contributed by atoms with van der Waals surface area (Å²) >= 11 is 0. The highest BCUT2D eigenvalue weighted by atomic mass is 16.6. The summed E-state index contributed by atoms with van der Waals surface area (Å²) in [6, 6.07) is 5.55. The van der Waals surface area contributed by atoms with Gasteiger partial charge in [-0.3, -0.25) is 19.2 Å². The number of ketones is 1. The Morgan fingerprint density at radius 1 is 0.737 bits per heavy atom. The van der Waals surface area contributed by atoms with Crippen LogP contribution in [0.25, 0.3) is 0 Å². The first-order valence-corrected chi connectivity index (χ1v) is 19.6. The van der Waals surface area contributed by atoms with Crippen LogP contribution in [0.3, 0.4) is 0 Å². The summed E-state index contributed by atoms with van der Waals surface area (Å²) in [7, 11) is 0. The van der Waals surface area contributed by atoms with Crippen molar-refractivity contribution in [3.8, 4) is 17.6 Å². The molecule has 2 N–H and O–H groups in total. The highest BCUT2D eigenvalue weighted by molar-refractivity contribution is 6.03. The first kappa shape index (κ1) is 53.0. The van der Waals surface area contributed by atoms with Gasteiger partial charge in [-0.1, -0.05) is 47.6 Å². The predicted molar refractivity (Wildman–Crippen MR) is 212 cm³/mol. The lowest BCUT2D eigenvalue weighted by Gasteiger charge is -2.29. The molecule has 0 radical (unpaired) electrons. The van der Waals surface area contributed by atoms with Crippen molar-refractivity contribution in [1.29, 1.82) is 0 Å². The minimum atomic E-state index is -0.533. The Morgan fingerprint density at radius 2 is 1.28 bits per heavy atom. The van der Waals surface area contributed by atoms with E-state index in [-0.39, 0.29) is 49.3 Å². The summed E-state index contributed by atoms with van der Waals surface area (Å²) in [5, 5.41) is 5.45. The zero-order valence-electron chi connectivity index (χ0n) is 35.1. The number of esters is 1. The van der Waals surface area contributed by atoms with Gasteiger partial charge >= 0.3 is 12.1 Å². The molecule has 1 aromatic rings. The van der Waals surface area contributed by atoms with Crippen molar-refractivity contribution in [2.24, 2.45) is 17.3 Å². The third kappa shape index (κ3) is 31.7. The van der Waals surface area contributed by atoms with Crippen LogP contribution in [0.15, 0.2) is 18.2 Å². The smallest absolute Gasteiger partial charge is 0.373 e. The summed E-state index contributed by atoms with van der Waals surface area (Å²) in [6.45, 7) is 19.8. The Labute approximate surface area is 338 Å². The molecule has 0 saturated carbocycles. The Hall–Kier alpha value is -4.00. The Balaban J connectivity index is 0.0000101. The molecular formula is C42H66N2O13.